The Bertz CT molecular complexity index is 295. The van der Waals surface area contributed by atoms with Gasteiger partial charge in [0.1, 0.15) is 0 Å². The quantitative estimate of drug-likeness (QED) is 0.386. The van der Waals surface area contributed by atoms with Crippen LogP contribution in [0.2, 0.25) is 0 Å². The van der Waals surface area contributed by atoms with Gasteiger partial charge in [0, 0.05) is 44.3 Å². The summed E-state index contributed by atoms with van der Waals surface area (Å²) in [6.07, 6.45) is 5.35. The Morgan fingerprint density at radius 2 is 2.05 bits per heavy atom. The van der Waals surface area contributed by atoms with Gasteiger partial charge in [0.25, 0.3) is 0 Å². The van der Waals surface area contributed by atoms with E-state index in [1.807, 2.05) is 18.7 Å². The van der Waals surface area contributed by atoms with Crippen LogP contribution < -0.4 is 10.6 Å². The molecule has 124 valence electrons. The van der Waals surface area contributed by atoms with E-state index in [0.29, 0.717) is 0 Å². The fourth-order valence-corrected chi connectivity index (χ4v) is 3.03. The molecule has 0 spiro atoms. The Hall–Kier alpha value is -0.460. The molecule has 0 saturated carbocycles. The van der Waals surface area contributed by atoms with Gasteiger partial charge in [-0.15, -0.1) is 0 Å². The van der Waals surface area contributed by atoms with E-state index in [1.165, 1.54) is 0 Å². The molecule has 5 nitrogen and oxygen atoms in total. The highest BCUT2D eigenvalue weighted by Crippen LogP contribution is 2.33. The van der Waals surface area contributed by atoms with Crippen molar-refractivity contribution in [2.45, 2.75) is 37.9 Å². The standard InChI is InChI=1S/C15H31N3O2S/c1-4-16-14(17-9-6-10-19-5-2)18-13-15(21-3)7-11-20-12-8-15/h4-13H2,1-3H3,(H2,16,17,18). The van der Waals surface area contributed by atoms with Crippen LogP contribution in [-0.4, -0.2) is 63.0 Å². The Balaban J connectivity index is 2.41. The zero-order valence-corrected chi connectivity index (χ0v) is 14.6. The number of nitrogens with zero attached hydrogens (tertiary/aromatic N) is 1. The molecule has 1 saturated heterocycles. The smallest absolute Gasteiger partial charge is 0.191 e. The number of guanidine groups is 1. The van der Waals surface area contributed by atoms with E-state index >= 15 is 0 Å². The molecule has 21 heavy (non-hydrogen) atoms. The van der Waals surface area contributed by atoms with Gasteiger partial charge in [0.2, 0.25) is 0 Å². The first kappa shape index (κ1) is 18.6. The molecule has 0 aromatic carbocycles. The number of thioether (sulfide) groups is 1. The van der Waals surface area contributed by atoms with Crippen LogP contribution in [0.25, 0.3) is 0 Å². The Morgan fingerprint density at radius 1 is 1.29 bits per heavy atom. The molecular weight excluding hydrogens is 286 g/mol. The average molecular weight is 317 g/mol. The summed E-state index contributed by atoms with van der Waals surface area (Å²) < 4.78 is 11.1. The van der Waals surface area contributed by atoms with E-state index in [9.17, 15) is 0 Å². The van der Waals surface area contributed by atoms with E-state index in [2.05, 4.69) is 23.8 Å². The zero-order valence-electron chi connectivity index (χ0n) is 13.7. The molecule has 0 atom stereocenters. The van der Waals surface area contributed by atoms with E-state index in [0.717, 1.165) is 71.3 Å². The molecule has 6 heteroatoms. The SMILES string of the molecule is CCNC(=NCC1(SC)CCOCC1)NCCCOCC. The molecule has 0 radical (unpaired) electrons. The second kappa shape index (κ2) is 11.2. The molecule has 0 aromatic rings. The van der Waals surface area contributed by atoms with Crippen molar-refractivity contribution in [2.24, 2.45) is 4.99 Å². The minimum absolute atomic E-state index is 0.242. The lowest BCUT2D eigenvalue weighted by molar-refractivity contribution is 0.0794. The molecular formula is C15H31N3O2S. The number of ether oxygens (including phenoxy) is 2. The molecule has 0 amide bonds. The van der Waals surface area contributed by atoms with Crippen LogP contribution in [0, 0.1) is 0 Å². The van der Waals surface area contributed by atoms with Crippen molar-refractivity contribution < 1.29 is 9.47 Å². The molecule has 1 rings (SSSR count). The molecule has 1 fully saturated rings. The molecule has 1 aliphatic heterocycles. The average Bonchev–Trinajstić information content (AvgIpc) is 2.53. The lowest BCUT2D eigenvalue weighted by atomic mass is 9.99. The van der Waals surface area contributed by atoms with Crippen molar-refractivity contribution in [1.82, 2.24) is 10.6 Å². The molecule has 0 aliphatic carbocycles. The Labute approximate surface area is 133 Å². The van der Waals surface area contributed by atoms with Gasteiger partial charge in [-0.05, 0) is 39.4 Å². The largest absolute Gasteiger partial charge is 0.382 e. The summed E-state index contributed by atoms with van der Waals surface area (Å²) in [5.41, 5.74) is 0. The maximum Gasteiger partial charge on any atom is 0.191 e. The highest BCUT2D eigenvalue weighted by atomic mass is 32.2. The lowest BCUT2D eigenvalue weighted by Gasteiger charge is -2.34. The molecule has 2 N–H and O–H groups in total. The summed E-state index contributed by atoms with van der Waals surface area (Å²) in [6, 6.07) is 0. The van der Waals surface area contributed by atoms with E-state index in [4.69, 9.17) is 14.5 Å². The lowest BCUT2D eigenvalue weighted by Crippen LogP contribution is -2.41. The van der Waals surface area contributed by atoms with Gasteiger partial charge in [0.15, 0.2) is 5.96 Å². The third-order valence-corrected chi connectivity index (χ3v) is 5.07. The molecule has 1 heterocycles. The van der Waals surface area contributed by atoms with Crippen LogP contribution >= 0.6 is 11.8 Å². The summed E-state index contributed by atoms with van der Waals surface area (Å²) in [6.45, 7) is 10.0. The Morgan fingerprint density at radius 3 is 2.67 bits per heavy atom. The van der Waals surface area contributed by atoms with E-state index < -0.39 is 0 Å². The van der Waals surface area contributed by atoms with Gasteiger partial charge in [0.05, 0.1) is 6.54 Å². The van der Waals surface area contributed by atoms with Crippen LogP contribution in [0.3, 0.4) is 0 Å². The van der Waals surface area contributed by atoms with Gasteiger partial charge in [-0.3, -0.25) is 4.99 Å². The van der Waals surface area contributed by atoms with Gasteiger partial charge in [-0.1, -0.05) is 0 Å². The molecule has 0 unspecified atom stereocenters. The van der Waals surface area contributed by atoms with Gasteiger partial charge in [-0.2, -0.15) is 11.8 Å². The van der Waals surface area contributed by atoms with Crippen molar-refractivity contribution in [2.75, 3.05) is 52.3 Å². The Kier molecular flexibility index (Phi) is 9.87. The number of hydrogen-bond acceptors (Lipinski definition) is 4. The van der Waals surface area contributed by atoms with Crippen LogP contribution in [-0.2, 0) is 9.47 Å². The van der Waals surface area contributed by atoms with Gasteiger partial charge < -0.3 is 20.1 Å². The second-order valence-corrected chi connectivity index (χ2v) is 6.45. The predicted octanol–water partition coefficient (Wildman–Crippen LogP) is 1.88. The first-order chi connectivity index (χ1) is 10.3. The number of rotatable bonds is 9. The summed E-state index contributed by atoms with van der Waals surface area (Å²) in [5, 5.41) is 6.69. The van der Waals surface area contributed by atoms with Crippen LogP contribution in [0.4, 0.5) is 0 Å². The van der Waals surface area contributed by atoms with Crippen LogP contribution in [0.1, 0.15) is 33.1 Å². The van der Waals surface area contributed by atoms with Crippen molar-refractivity contribution in [1.29, 1.82) is 0 Å². The minimum Gasteiger partial charge on any atom is -0.382 e. The third-order valence-electron chi connectivity index (χ3n) is 3.67. The first-order valence-electron chi connectivity index (χ1n) is 7.99. The minimum atomic E-state index is 0.242. The maximum atomic E-state index is 5.48. The maximum absolute atomic E-state index is 5.48. The fraction of sp³-hybridized carbons (Fsp3) is 0.933. The van der Waals surface area contributed by atoms with E-state index in [-0.39, 0.29) is 4.75 Å². The second-order valence-electron chi connectivity index (χ2n) is 5.17. The summed E-state index contributed by atoms with van der Waals surface area (Å²) >= 11 is 1.93. The summed E-state index contributed by atoms with van der Waals surface area (Å²) in [5.74, 6) is 0.911. The van der Waals surface area contributed by atoms with E-state index in [1.54, 1.807) is 0 Å². The zero-order chi connectivity index (χ0) is 15.4. The highest BCUT2D eigenvalue weighted by Gasteiger charge is 2.31. The van der Waals surface area contributed by atoms with Crippen molar-refractivity contribution in [3.63, 3.8) is 0 Å². The number of hydrogen-bond donors (Lipinski definition) is 2. The molecule has 0 bridgehead atoms. The van der Waals surface area contributed by atoms with Crippen LogP contribution in [0.15, 0.2) is 4.99 Å². The fourth-order valence-electron chi connectivity index (χ4n) is 2.26. The molecule has 1 aliphatic rings. The summed E-state index contributed by atoms with van der Waals surface area (Å²) in [7, 11) is 0. The monoisotopic (exact) mass is 317 g/mol. The number of nitrogens with one attached hydrogen (secondary N) is 2. The number of aliphatic imine (C=N–C) groups is 1. The van der Waals surface area contributed by atoms with Crippen LogP contribution in [0.5, 0.6) is 0 Å². The third kappa shape index (κ3) is 7.38. The predicted molar refractivity (Wildman–Crippen MR) is 91.4 cm³/mol. The highest BCUT2D eigenvalue weighted by molar-refractivity contribution is 8.00. The van der Waals surface area contributed by atoms with Crippen molar-refractivity contribution in [3.05, 3.63) is 0 Å². The van der Waals surface area contributed by atoms with Gasteiger partial charge in [-0.25, -0.2) is 0 Å². The molecule has 0 aromatic heterocycles. The van der Waals surface area contributed by atoms with Crippen molar-refractivity contribution in [3.8, 4) is 0 Å². The van der Waals surface area contributed by atoms with Gasteiger partial charge >= 0.3 is 0 Å². The van der Waals surface area contributed by atoms with Crippen molar-refractivity contribution >= 4 is 17.7 Å². The first-order valence-corrected chi connectivity index (χ1v) is 9.21. The topological polar surface area (TPSA) is 54.9 Å². The normalized spacial score (nSPS) is 18.5. The summed E-state index contributed by atoms with van der Waals surface area (Å²) in [4.78, 5) is 4.78.